The van der Waals surface area contributed by atoms with Gasteiger partial charge < -0.3 is 10.2 Å². The molecule has 6 heteroatoms. The van der Waals surface area contributed by atoms with Crippen LogP contribution in [0.1, 0.15) is 25.3 Å². The van der Waals surface area contributed by atoms with Crippen LogP contribution in [0, 0.1) is 11.6 Å². The van der Waals surface area contributed by atoms with Gasteiger partial charge in [-0.25, -0.2) is 8.78 Å². The van der Waals surface area contributed by atoms with Gasteiger partial charge in [0.25, 0.3) is 0 Å². The highest BCUT2D eigenvalue weighted by atomic mass is 19.1. The molecule has 1 aromatic carbocycles. The van der Waals surface area contributed by atoms with Crippen molar-refractivity contribution < 1.29 is 18.4 Å². The second-order valence-electron chi connectivity index (χ2n) is 4.84. The zero-order valence-electron chi connectivity index (χ0n) is 11.2. The minimum atomic E-state index is -0.586. The lowest BCUT2D eigenvalue weighted by Gasteiger charge is -2.32. The number of rotatable bonds is 4. The Bertz CT molecular complexity index is 534. The first kappa shape index (κ1) is 14.4. The van der Waals surface area contributed by atoms with E-state index >= 15 is 0 Å². The van der Waals surface area contributed by atoms with E-state index in [-0.39, 0.29) is 30.5 Å². The van der Waals surface area contributed by atoms with Gasteiger partial charge in [-0.3, -0.25) is 9.59 Å². The van der Waals surface area contributed by atoms with E-state index in [0.29, 0.717) is 6.42 Å². The highest BCUT2D eigenvalue weighted by molar-refractivity contribution is 5.94. The van der Waals surface area contributed by atoms with Crippen LogP contribution in [0.3, 0.4) is 0 Å². The number of nitrogens with zero attached hydrogens (tertiary/aromatic N) is 1. The van der Waals surface area contributed by atoms with Crippen molar-refractivity contribution >= 4 is 11.8 Å². The van der Waals surface area contributed by atoms with Gasteiger partial charge in [0.1, 0.15) is 17.7 Å². The normalized spacial score (nSPS) is 19.1. The van der Waals surface area contributed by atoms with Crippen molar-refractivity contribution in [2.45, 2.75) is 32.4 Å². The molecule has 1 unspecified atom stereocenters. The average molecular weight is 282 g/mol. The van der Waals surface area contributed by atoms with Crippen LogP contribution in [0.5, 0.6) is 0 Å². The maximum Gasteiger partial charge on any atom is 0.245 e. The molecule has 1 aliphatic rings. The van der Waals surface area contributed by atoms with Crippen molar-refractivity contribution in [1.82, 2.24) is 10.2 Å². The van der Waals surface area contributed by atoms with Gasteiger partial charge in [-0.15, -0.1) is 0 Å². The summed E-state index contributed by atoms with van der Waals surface area (Å²) >= 11 is 0. The molecule has 4 nitrogen and oxygen atoms in total. The van der Waals surface area contributed by atoms with Crippen molar-refractivity contribution in [1.29, 1.82) is 0 Å². The molecular weight excluding hydrogens is 266 g/mol. The molecule has 108 valence electrons. The molecule has 1 heterocycles. The van der Waals surface area contributed by atoms with Crippen LogP contribution in [-0.4, -0.2) is 29.3 Å². The van der Waals surface area contributed by atoms with E-state index in [2.05, 4.69) is 5.32 Å². The van der Waals surface area contributed by atoms with Crippen molar-refractivity contribution in [2.24, 2.45) is 0 Å². The quantitative estimate of drug-likeness (QED) is 0.911. The number of nitrogens with one attached hydrogen (secondary N) is 1. The minimum Gasteiger partial charge on any atom is -0.343 e. The van der Waals surface area contributed by atoms with Crippen LogP contribution in [0.4, 0.5) is 8.78 Å². The summed E-state index contributed by atoms with van der Waals surface area (Å²) in [5, 5.41) is 2.61. The Morgan fingerprint density at radius 2 is 2.10 bits per heavy atom. The van der Waals surface area contributed by atoms with Gasteiger partial charge in [-0.1, -0.05) is 13.3 Å². The second-order valence-corrected chi connectivity index (χ2v) is 4.84. The van der Waals surface area contributed by atoms with Crippen LogP contribution in [0.15, 0.2) is 18.2 Å². The molecule has 0 radical (unpaired) electrons. The summed E-state index contributed by atoms with van der Waals surface area (Å²) in [5.41, 5.74) is 0.0725. The molecular formula is C14H16F2N2O2. The van der Waals surface area contributed by atoms with Gasteiger partial charge in [-0.2, -0.15) is 0 Å². The van der Waals surface area contributed by atoms with E-state index in [4.69, 9.17) is 0 Å². The maximum atomic E-state index is 13.6. The molecule has 1 aromatic rings. The third-order valence-corrected chi connectivity index (χ3v) is 3.23. The smallest absolute Gasteiger partial charge is 0.245 e. The monoisotopic (exact) mass is 282 g/mol. The fourth-order valence-electron chi connectivity index (χ4n) is 2.26. The van der Waals surface area contributed by atoms with E-state index in [0.717, 1.165) is 24.6 Å². The van der Waals surface area contributed by atoms with Crippen LogP contribution in [-0.2, 0) is 16.1 Å². The van der Waals surface area contributed by atoms with Crippen molar-refractivity contribution in [3.05, 3.63) is 35.4 Å². The zero-order valence-corrected chi connectivity index (χ0v) is 11.2. The molecule has 1 fully saturated rings. The highest BCUT2D eigenvalue weighted by Crippen LogP contribution is 2.15. The minimum absolute atomic E-state index is 0.0725. The lowest BCUT2D eigenvalue weighted by Crippen LogP contribution is -2.57. The lowest BCUT2D eigenvalue weighted by atomic mass is 10.1. The van der Waals surface area contributed by atoms with Crippen LogP contribution in [0.25, 0.3) is 0 Å². The highest BCUT2D eigenvalue weighted by Gasteiger charge is 2.32. The number of hydrogen-bond acceptors (Lipinski definition) is 2. The van der Waals surface area contributed by atoms with Gasteiger partial charge in [0.05, 0.1) is 6.54 Å². The fourth-order valence-corrected chi connectivity index (χ4v) is 2.26. The molecule has 20 heavy (non-hydrogen) atoms. The van der Waals surface area contributed by atoms with Gasteiger partial charge in [0.15, 0.2) is 0 Å². The van der Waals surface area contributed by atoms with Crippen molar-refractivity contribution in [3.63, 3.8) is 0 Å². The van der Waals surface area contributed by atoms with Crippen molar-refractivity contribution in [2.75, 3.05) is 6.54 Å². The average Bonchev–Trinajstić information content (AvgIpc) is 2.39. The fraction of sp³-hybridized carbons (Fsp3) is 0.429. The molecule has 1 atom stereocenters. The van der Waals surface area contributed by atoms with Crippen molar-refractivity contribution in [3.8, 4) is 0 Å². The number of hydrogen-bond donors (Lipinski definition) is 1. The summed E-state index contributed by atoms with van der Waals surface area (Å²) < 4.78 is 26.7. The topological polar surface area (TPSA) is 49.4 Å². The maximum absolute atomic E-state index is 13.6. The number of carbonyl (C=O) groups excluding carboxylic acids is 2. The van der Waals surface area contributed by atoms with E-state index in [1.165, 1.54) is 4.90 Å². The second kappa shape index (κ2) is 5.98. The van der Waals surface area contributed by atoms with E-state index in [1.807, 2.05) is 6.92 Å². The molecule has 0 aromatic heterocycles. The predicted octanol–water partition coefficient (Wildman–Crippen LogP) is 1.59. The Labute approximate surface area is 115 Å². The van der Waals surface area contributed by atoms with Gasteiger partial charge in [-0.05, 0) is 24.6 Å². The van der Waals surface area contributed by atoms with Gasteiger partial charge in [0.2, 0.25) is 11.8 Å². The summed E-state index contributed by atoms with van der Waals surface area (Å²) in [7, 11) is 0. The van der Waals surface area contributed by atoms with Crippen LogP contribution >= 0.6 is 0 Å². The van der Waals surface area contributed by atoms with E-state index < -0.39 is 17.7 Å². The van der Waals surface area contributed by atoms with Crippen LogP contribution < -0.4 is 5.32 Å². The Kier molecular flexibility index (Phi) is 4.32. The molecule has 0 aliphatic carbocycles. The summed E-state index contributed by atoms with van der Waals surface area (Å²) in [6.07, 6.45) is 1.28. The molecule has 0 bridgehead atoms. The van der Waals surface area contributed by atoms with Crippen LogP contribution in [0.2, 0.25) is 0 Å². The number of amides is 2. The number of benzene rings is 1. The molecule has 1 aliphatic heterocycles. The molecule has 2 rings (SSSR count). The summed E-state index contributed by atoms with van der Waals surface area (Å²) in [5.74, 6) is -1.69. The summed E-state index contributed by atoms with van der Waals surface area (Å²) in [6, 6.07) is 2.51. The summed E-state index contributed by atoms with van der Waals surface area (Å²) in [6.45, 7) is 1.68. The molecule has 1 N–H and O–H groups in total. The molecule has 0 saturated carbocycles. The molecule has 1 saturated heterocycles. The number of halogens is 2. The zero-order chi connectivity index (χ0) is 14.7. The summed E-state index contributed by atoms with van der Waals surface area (Å²) in [4.78, 5) is 25.0. The third kappa shape index (κ3) is 3.12. The van der Waals surface area contributed by atoms with E-state index in [1.54, 1.807) is 0 Å². The standard InChI is InChI=1S/C14H16F2N2O2/c1-2-3-12-14(20)18(8-13(19)17-12)7-9-6-10(15)4-5-11(9)16/h4-6,12H,2-3,7-8H2,1H3,(H,17,19). The molecule has 0 spiro atoms. The third-order valence-electron chi connectivity index (χ3n) is 3.23. The Morgan fingerprint density at radius 1 is 1.35 bits per heavy atom. The van der Waals surface area contributed by atoms with Gasteiger partial charge in [0, 0.05) is 12.1 Å². The first-order valence-corrected chi connectivity index (χ1v) is 6.53. The first-order valence-electron chi connectivity index (χ1n) is 6.53. The number of carbonyl (C=O) groups is 2. The Balaban J connectivity index is 2.16. The first-order chi connectivity index (χ1) is 9.51. The number of piperazine rings is 1. The SMILES string of the molecule is CCCC1NC(=O)CN(Cc2cc(F)ccc2F)C1=O. The van der Waals surface area contributed by atoms with Gasteiger partial charge >= 0.3 is 0 Å². The predicted molar refractivity (Wildman–Crippen MR) is 68.6 cm³/mol. The van der Waals surface area contributed by atoms with E-state index in [9.17, 15) is 18.4 Å². The Hall–Kier alpha value is -1.98. The Morgan fingerprint density at radius 3 is 2.80 bits per heavy atom. The molecule has 2 amide bonds. The lowest BCUT2D eigenvalue weighted by molar-refractivity contribution is -0.145. The largest absolute Gasteiger partial charge is 0.343 e.